The molecular weight excluding hydrogens is 457 g/mol. The molecule has 0 fully saturated rings. The van der Waals surface area contributed by atoms with Gasteiger partial charge in [-0.1, -0.05) is 49.4 Å². The Labute approximate surface area is 210 Å². The van der Waals surface area contributed by atoms with Crippen molar-refractivity contribution in [2.45, 2.75) is 38.6 Å². The van der Waals surface area contributed by atoms with Gasteiger partial charge in [0, 0.05) is 18.7 Å². The number of carboxylic acids is 1. The highest BCUT2D eigenvalue weighted by Gasteiger charge is 2.35. The lowest BCUT2D eigenvalue weighted by Crippen LogP contribution is -2.22. The van der Waals surface area contributed by atoms with Crippen molar-refractivity contribution in [3.63, 3.8) is 0 Å². The smallest absolute Gasteiger partial charge is 0.303 e. The van der Waals surface area contributed by atoms with Gasteiger partial charge in [0.15, 0.2) is 0 Å². The van der Waals surface area contributed by atoms with Crippen molar-refractivity contribution in [3.8, 4) is 0 Å². The summed E-state index contributed by atoms with van der Waals surface area (Å²) in [7, 11) is 2.09. The van der Waals surface area contributed by atoms with E-state index in [0.29, 0.717) is 29.1 Å². The van der Waals surface area contributed by atoms with E-state index in [1.807, 2.05) is 48.5 Å². The summed E-state index contributed by atoms with van der Waals surface area (Å²) in [4.78, 5) is 31.1. The van der Waals surface area contributed by atoms with Gasteiger partial charge in [0.2, 0.25) is 5.91 Å². The van der Waals surface area contributed by atoms with Crippen LogP contribution in [-0.4, -0.2) is 41.2 Å². The zero-order chi connectivity index (χ0) is 25.7. The van der Waals surface area contributed by atoms with E-state index in [2.05, 4.69) is 24.2 Å². The molecule has 0 spiro atoms. The third-order valence-electron chi connectivity index (χ3n) is 6.24. The second-order valence-corrected chi connectivity index (χ2v) is 9.15. The largest absolute Gasteiger partial charge is 0.481 e. The van der Waals surface area contributed by atoms with Crippen molar-refractivity contribution >= 4 is 29.0 Å². The van der Waals surface area contributed by atoms with Gasteiger partial charge in [0.05, 0.1) is 11.4 Å². The average molecular weight is 488 g/mol. The van der Waals surface area contributed by atoms with E-state index in [-0.39, 0.29) is 12.3 Å². The molecule has 0 saturated heterocycles. The highest BCUT2D eigenvalue weighted by molar-refractivity contribution is 6.24. The highest BCUT2D eigenvalue weighted by Crippen LogP contribution is 2.36. The number of halogens is 1. The number of anilines is 1. The monoisotopic (exact) mass is 487 g/mol. The quantitative estimate of drug-likeness (QED) is 0.368. The molecule has 0 aliphatic carbocycles. The van der Waals surface area contributed by atoms with Crippen molar-refractivity contribution < 1.29 is 19.1 Å². The summed E-state index contributed by atoms with van der Waals surface area (Å²) >= 11 is 0. The Morgan fingerprint density at radius 1 is 1.06 bits per heavy atom. The van der Waals surface area contributed by atoms with Crippen molar-refractivity contribution in [1.29, 1.82) is 0 Å². The van der Waals surface area contributed by atoms with Gasteiger partial charge in [-0.25, -0.2) is 4.39 Å². The zero-order valence-electron chi connectivity index (χ0n) is 20.5. The van der Waals surface area contributed by atoms with Gasteiger partial charge in [-0.3, -0.25) is 14.6 Å². The maximum atomic E-state index is 13.8. The number of aliphatic imine (C=N–C) groups is 1. The van der Waals surface area contributed by atoms with Crippen molar-refractivity contribution in [1.82, 2.24) is 4.90 Å². The Balaban J connectivity index is 1.69. The lowest BCUT2D eigenvalue weighted by Gasteiger charge is -2.16. The first-order chi connectivity index (χ1) is 17.3. The summed E-state index contributed by atoms with van der Waals surface area (Å²) < 4.78 is 13.8. The predicted molar refractivity (Wildman–Crippen MR) is 139 cm³/mol. The predicted octanol–water partition coefficient (Wildman–Crippen LogP) is 5.54. The van der Waals surface area contributed by atoms with Crippen molar-refractivity contribution in [2.24, 2.45) is 4.99 Å². The SMILES string of the molecule is CCCN(C)Cc1ccc(N=C(c2ccc(CCC(=O)O)cc2)C2C(=O)Nc3cc(F)ccc32)cc1. The molecule has 0 bridgehead atoms. The Hall–Kier alpha value is -3.84. The van der Waals surface area contributed by atoms with Gasteiger partial charge in [-0.05, 0) is 73.0 Å². The Morgan fingerprint density at radius 3 is 2.42 bits per heavy atom. The van der Waals surface area contributed by atoms with E-state index in [0.717, 1.165) is 30.6 Å². The minimum absolute atomic E-state index is 0.0457. The molecule has 3 aromatic carbocycles. The maximum absolute atomic E-state index is 13.8. The highest BCUT2D eigenvalue weighted by atomic mass is 19.1. The molecule has 1 aliphatic heterocycles. The summed E-state index contributed by atoms with van der Waals surface area (Å²) in [6, 6.07) is 19.7. The van der Waals surface area contributed by atoms with Crippen LogP contribution in [-0.2, 0) is 22.6 Å². The number of fused-ring (bicyclic) bond motifs is 1. The standard InChI is InChI=1S/C29H30FN3O3/c1-3-16-33(2)18-20-6-12-23(13-7-20)31-28(21-9-4-19(5-10-21)8-15-26(34)35)27-24-14-11-22(30)17-25(24)32-29(27)36/h4-7,9-14,17,27H,3,8,15-16,18H2,1-2H3,(H,32,36)(H,34,35). The van der Waals surface area contributed by atoms with E-state index in [4.69, 9.17) is 10.1 Å². The third-order valence-corrected chi connectivity index (χ3v) is 6.24. The summed E-state index contributed by atoms with van der Waals surface area (Å²) in [6.45, 7) is 4.01. The lowest BCUT2D eigenvalue weighted by atomic mass is 9.90. The summed E-state index contributed by atoms with van der Waals surface area (Å²) in [5, 5.41) is 11.7. The zero-order valence-corrected chi connectivity index (χ0v) is 20.5. The third kappa shape index (κ3) is 6.04. The molecule has 1 atom stereocenters. The van der Waals surface area contributed by atoms with Crippen LogP contribution in [0.15, 0.2) is 71.7 Å². The van der Waals surface area contributed by atoms with E-state index >= 15 is 0 Å². The van der Waals surface area contributed by atoms with Crippen molar-refractivity contribution in [3.05, 3.63) is 94.8 Å². The molecule has 0 radical (unpaired) electrons. The molecule has 1 amide bonds. The number of aryl methyl sites for hydroxylation is 1. The second-order valence-electron chi connectivity index (χ2n) is 9.15. The van der Waals surface area contributed by atoms with Crippen LogP contribution in [0.2, 0.25) is 0 Å². The first kappa shape index (κ1) is 25.3. The number of aliphatic carboxylic acids is 1. The second kappa shape index (κ2) is 11.3. The number of carbonyl (C=O) groups excluding carboxylic acids is 1. The van der Waals surface area contributed by atoms with Crippen LogP contribution < -0.4 is 5.32 Å². The number of hydrogen-bond acceptors (Lipinski definition) is 4. The van der Waals surface area contributed by atoms with Crippen LogP contribution in [0.5, 0.6) is 0 Å². The summed E-state index contributed by atoms with van der Waals surface area (Å²) in [5.41, 5.74) is 5.20. The Bertz CT molecular complexity index is 1270. The molecule has 186 valence electrons. The van der Waals surface area contributed by atoms with Crippen LogP contribution in [0.25, 0.3) is 0 Å². The molecule has 7 heteroatoms. The lowest BCUT2D eigenvalue weighted by molar-refractivity contribution is -0.137. The molecule has 0 saturated carbocycles. The van der Waals surface area contributed by atoms with Gasteiger partial charge in [-0.15, -0.1) is 0 Å². The number of benzene rings is 3. The summed E-state index contributed by atoms with van der Waals surface area (Å²) in [6.07, 6.45) is 1.55. The minimum Gasteiger partial charge on any atom is -0.481 e. The normalized spacial score (nSPS) is 15.2. The molecule has 3 aromatic rings. The van der Waals surface area contributed by atoms with Crippen LogP contribution in [0.4, 0.5) is 15.8 Å². The van der Waals surface area contributed by atoms with Crippen molar-refractivity contribution in [2.75, 3.05) is 18.9 Å². The molecular formula is C29H30FN3O3. The van der Waals surface area contributed by atoms with E-state index < -0.39 is 17.7 Å². The number of rotatable bonds is 10. The molecule has 6 nitrogen and oxygen atoms in total. The fraction of sp³-hybridized carbons (Fsp3) is 0.276. The maximum Gasteiger partial charge on any atom is 0.303 e. The fourth-order valence-electron chi connectivity index (χ4n) is 4.48. The van der Waals surface area contributed by atoms with Gasteiger partial charge in [-0.2, -0.15) is 0 Å². The number of nitrogens with one attached hydrogen (secondary N) is 1. The number of hydrogen-bond donors (Lipinski definition) is 2. The molecule has 2 N–H and O–H groups in total. The fourth-order valence-corrected chi connectivity index (χ4v) is 4.48. The van der Waals surface area contributed by atoms with Crippen LogP contribution in [0.1, 0.15) is 47.9 Å². The average Bonchev–Trinajstić information content (AvgIpc) is 3.17. The van der Waals surface area contributed by atoms with Crippen LogP contribution >= 0.6 is 0 Å². The molecule has 36 heavy (non-hydrogen) atoms. The first-order valence-electron chi connectivity index (χ1n) is 12.1. The van der Waals surface area contributed by atoms with Gasteiger partial charge >= 0.3 is 5.97 Å². The molecule has 1 unspecified atom stereocenters. The van der Waals surface area contributed by atoms with E-state index in [1.54, 1.807) is 6.07 Å². The van der Waals surface area contributed by atoms with Gasteiger partial charge in [0.25, 0.3) is 0 Å². The molecule has 1 heterocycles. The minimum atomic E-state index is -0.850. The van der Waals surface area contributed by atoms with E-state index in [9.17, 15) is 14.0 Å². The number of carboxylic acid groups (broad SMARTS) is 1. The molecule has 0 aromatic heterocycles. The number of nitrogens with zero attached hydrogens (tertiary/aromatic N) is 2. The first-order valence-corrected chi connectivity index (χ1v) is 12.1. The molecule has 4 rings (SSSR count). The number of amides is 1. The van der Waals surface area contributed by atoms with Gasteiger partial charge < -0.3 is 15.3 Å². The Morgan fingerprint density at radius 2 is 1.75 bits per heavy atom. The van der Waals surface area contributed by atoms with Gasteiger partial charge in [0.1, 0.15) is 11.7 Å². The topological polar surface area (TPSA) is 82.0 Å². The Kier molecular flexibility index (Phi) is 7.90. The molecule has 1 aliphatic rings. The summed E-state index contributed by atoms with van der Waals surface area (Å²) in [5.74, 6) is -2.22. The van der Waals surface area contributed by atoms with E-state index in [1.165, 1.54) is 17.7 Å². The van der Waals surface area contributed by atoms with Crippen LogP contribution in [0.3, 0.4) is 0 Å². The number of carbonyl (C=O) groups is 2. The van der Waals surface area contributed by atoms with Crippen LogP contribution in [0, 0.1) is 5.82 Å².